The van der Waals surface area contributed by atoms with Crippen molar-refractivity contribution in [3.8, 4) is 11.1 Å². The van der Waals surface area contributed by atoms with E-state index in [9.17, 15) is 23.1 Å². The molecule has 3 N–H and O–H groups in total. The third kappa shape index (κ3) is 7.97. The highest BCUT2D eigenvalue weighted by atomic mass is 35.5. The lowest BCUT2D eigenvalue weighted by molar-refractivity contribution is -0.139. The maximum absolute atomic E-state index is 12.6. The number of rotatable bonds is 11. The van der Waals surface area contributed by atoms with Gasteiger partial charge in [0.25, 0.3) is 0 Å². The predicted octanol–water partition coefficient (Wildman–Crippen LogP) is 3.68. The second kappa shape index (κ2) is 11.3. The zero-order valence-corrected chi connectivity index (χ0v) is 19.0. The van der Waals surface area contributed by atoms with E-state index in [0.717, 1.165) is 11.1 Å². The van der Waals surface area contributed by atoms with Gasteiger partial charge in [0.15, 0.2) is 0 Å². The summed E-state index contributed by atoms with van der Waals surface area (Å²) in [5, 5.41) is 12.7. The van der Waals surface area contributed by atoms with Crippen LogP contribution in [-0.4, -0.2) is 38.0 Å². The van der Waals surface area contributed by atoms with Crippen LogP contribution in [0.1, 0.15) is 33.1 Å². The largest absolute Gasteiger partial charge is 0.480 e. The summed E-state index contributed by atoms with van der Waals surface area (Å²) >= 11 is 5.88. The van der Waals surface area contributed by atoms with Crippen molar-refractivity contribution in [2.24, 2.45) is 5.92 Å². The molecular formula is C22H27ClN2O5S. The Labute approximate surface area is 187 Å². The lowest BCUT2D eigenvalue weighted by Gasteiger charge is -2.15. The molecule has 0 aliphatic heterocycles. The second-order valence-electron chi connectivity index (χ2n) is 7.63. The second-order valence-corrected chi connectivity index (χ2v) is 9.78. The van der Waals surface area contributed by atoms with Gasteiger partial charge in [0, 0.05) is 18.0 Å². The van der Waals surface area contributed by atoms with Crippen LogP contribution in [0.4, 0.5) is 0 Å². The molecule has 0 bridgehead atoms. The number of carbonyl (C=O) groups excluding carboxylic acids is 1. The lowest BCUT2D eigenvalue weighted by Crippen LogP contribution is -2.41. The number of carbonyl (C=O) groups is 2. The standard InChI is InChI=1S/C22H27ClN2O5S/c1-15(2)14-21(26)24-13-3-4-20(22(27)28)25-31(29,30)19-11-7-17(8-12-19)16-5-9-18(23)10-6-16/h5-12,15,20,25H,3-4,13-14H2,1-2H3,(H,24,26)(H,27,28)/t20-/m0/s1. The van der Waals surface area contributed by atoms with Crippen LogP contribution in [0.15, 0.2) is 53.4 Å². The summed E-state index contributed by atoms with van der Waals surface area (Å²) in [6, 6.07) is 12.0. The number of aliphatic carboxylic acids is 1. The number of nitrogens with one attached hydrogen (secondary N) is 2. The van der Waals surface area contributed by atoms with Gasteiger partial charge in [0.1, 0.15) is 6.04 Å². The summed E-state index contributed by atoms with van der Waals surface area (Å²) < 4.78 is 27.5. The van der Waals surface area contributed by atoms with Crippen LogP contribution in [0.2, 0.25) is 5.02 Å². The van der Waals surface area contributed by atoms with E-state index in [0.29, 0.717) is 17.9 Å². The van der Waals surface area contributed by atoms with Gasteiger partial charge in [-0.3, -0.25) is 9.59 Å². The normalized spacial score (nSPS) is 12.5. The molecule has 0 saturated heterocycles. The first-order chi connectivity index (χ1) is 14.6. The van der Waals surface area contributed by atoms with Crippen LogP contribution in [0, 0.1) is 5.92 Å². The molecule has 0 radical (unpaired) electrons. The minimum atomic E-state index is -4.02. The lowest BCUT2D eigenvalue weighted by atomic mass is 10.1. The van der Waals surface area contributed by atoms with Gasteiger partial charge >= 0.3 is 5.97 Å². The number of halogens is 1. The van der Waals surface area contributed by atoms with Crippen molar-refractivity contribution in [1.82, 2.24) is 10.0 Å². The highest BCUT2D eigenvalue weighted by Crippen LogP contribution is 2.23. The van der Waals surface area contributed by atoms with E-state index >= 15 is 0 Å². The molecule has 1 amide bonds. The van der Waals surface area contributed by atoms with Gasteiger partial charge in [-0.05, 0) is 54.2 Å². The first kappa shape index (κ1) is 24.8. The fourth-order valence-corrected chi connectivity index (χ4v) is 4.28. The summed E-state index contributed by atoms with van der Waals surface area (Å²) in [6.45, 7) is 4.14. The van der Waals surface area contributed by atoms with E-state index in [-0.39, 0.29) is 29.7 Å². The molecule has 7 nitrogen and oxygen atoms in total. The number of benzene rings is 2. The summed E-state index contributed by atoms with van der Waals surface area (Å²) in [4.78, 5) is 23.1. The molecule has 0 aliphatic rings. The van der Waals surface area contributed by atoms with Gasteiger partial charge < -0.3 is 10.4 Å². The van der Waals surface area contributed by atoms with Gasteiger partial charge in [0.05, 0.1) is 4.90 Å². The molecule has 0 saturated carbocycles. The molecule has 31 heavy (non-hydrogen) atoms. The van der Waals surface area contributed by atoms with Gasteiger partial charge in [-0.25, -0.2) is 8.42 Å². The Morgan fingerprint density at radius 2 is 1.55 bits per heavy atom. The monoisotopic (exact) mass is 466 g/mol. The smallest absolute Gasteiger partial charge is 0.321 e. The molecule has 2 aromatic rings. The van der Waals surface area contributed by atoms with Crippen molar-refractivity contribution in [2.75, 3.05) is 6.54 Å². The minimum Gasteiger partial charge on any atom is -0.480 e. The third-order valence-corrected chi connectivity index (χ3v) is 6.26. The Kier molecular flexibility index (Phi) is 9.03. The number of sulfonamides is 1. The Hall–Kier alpha value is -2.42. The van der Waals surface area contributed by atoms with Gasteiger partial charge in [0.2, 0.25) is 15.9 Å². The summed E-state index contributed by atoms with van der Waals surface area (Å²) in [6.07, 6.45) is 0.777. The van der Waals surface area contributed by atoms with Crippen molar-refractivity contribution in [3.05, 3.63) is 53.6 Å². The highest BCUT2D eigenvalue weighted by Gasteiger charge is 2.25. The molecule has 0 spiro atoms. The van der Waals surface area contributed by atoms with Crippen LogP contribution in [0.5, 0.6) is 0 Å². The Bertz CT molecular complexity index is 990. The SMILES string of the molecule is CC(C)CC(=O)NCCC[C@H](NS(=O)(=O)c1ccc(-c2ccc(Cl)cc2)cc1)C(=O)O. The number of hydrogen-bond acceptors (Lipinski definition) is 4. The number of carboxylic acid groups (broad SMARTS) is 1. The van der Waals surface area contributed by atoms with E-state index in [1.807, 2.05) is 26.0 Å². The summed E-state index contributed by atoms with van der Waals surface area (Å²) in [5.74, 6) is -1.15. The van der Waals surface area contributed by atoms with Crippen LogP contribution < -0.4 is 10.0 Å². The summed E-state index contributed by atoms with van der Waals surface area (Å²) in [7, 11) is -4.02. The average molecular weight is 467 g/mol. The highest BCUT2D eigenvalue weighted by molar-refractivity contribution is 7.89. The Morgan fingerprint density at radius 3 is 2.06 bits per heavy atom. The number of amides is 1. The maximum atomic E-state index is 12.6. The van der Waals surface area contributed by atoms with Gasteiger partial charge in [-0.1, -0.05) is 49.7 Å². The quantitative estimate of drug-likeness (QED) is 0.437. The molecule has 9 heteroatoms. The van der Waals surface area contributed by atoms with Crippen molar-refractivity contribution in [2.45, 2.75) is 44.0 Å². The van der Waals surface area contributed by atoms with Crippen molar-refractivity contribution < 1.29 is 23.1 Å². The van der Waals surface area contributed by atoms with Crippen LogP contribution in [0.3, 0.4) is 0 Å². The van der Waals surface area contributed by atoms with Gasteiger partial charge in [-0.15, -0.1) is 0 Å². The fraction of sp³-hybridized carbons (Fsp3) is 0.364. The first-order valence-electron chi connectivity index (χ1n) is 9.96. The number of hydrogen-bond donors (Lipinski definition) is 3. The minimum absolute atomic E-state index is 0.0262. The maximum Gasteiger partial charge on any atom is 0.321 e. The zero-order valence-electron chi connectivity index (χ0n) is 17.5. The van der Waals surface area contributed by atoms with E-state index < -0.39 is 22.0 Å². The molecule has 0 aromatic heterocycles. The average Bonchev–Trinajstić information content (AvgIpc) is 2.70. The Balaban J connectivity index is 1.98. The molecule has 0 aliphatic carbocycles. The number of carboxylic acids is 1. The molecule has 0 unspecified atom stereocenters. The van der Waals surface area contributed by atoms with Crippen LogP contribution >= 0.6 is 11.6 Å². The van der Waals surface area contributed by atoms with Crippen molar-refractivity contribution in [3.63, 3.8) is 0 Å². The summed E-state index contributed by atoms with van der Waals surface area (Å²) in [5.41, 5.74) is 1.69. The topological polar surface area (TPSA) is 113 Å². The molecule has 1 atom stereocenters. The van der Waals surface area contributed by atoms with Crippen molar-refractivity contribution >= 4 is 33.5 Å². The Morgan fingerprint density at radius 1 is 1.00 bits per heavy atom. The molecule has 0 fully saturated rings. The molecule has 2 rings (SSSR count). The van der Waals surface area contributed by atoms with E-state index in [1.54, 1.807) is 24.3 Å². The van der Waals surface area contributed by atoms with E-state index in [1.165, 1.54) is 12.1 Å². The van der Waals surface area contributed by atoms with E-state index in [2.05, 4.69) is 10.0 Å². The third-order valence-electron chi connectivity index (χ3n) is 4.52. The van der Waals surface area contributed by atoms with Gasteiger partial charge in [-0.2, -0.15) is 4.72 Å². The fourth-order valence-electron chi connectivity index (χ4n) is 2.93. The van der Waals surface area contributed by atoms with Crippen LogP contribution in [0.25, 0.3) is 11.1 Å². The molecular weight excluding hydrogens is 440 g/mol. The van der Waals surface area contributed by atoms with Crippen LogP contribution in [-0.2, 0) is 19.6 Å². The first-order valence-corrected chi connectivity index (χ1v) is 11.8. The zero-order chi connectivity index (χ0) is 23.0. The molecule has 2 aromatic carbocycles. The predicted molar refractivity (Wildman–Crippen MR) is 120 cm³/mol. The van der Waals surface area contributed by atoms with E-state index in [4.69, 9.17) is 11.6 Å². The molecule has 168 valence electrons. The molecule has 0 heterocycles. The van der Waals surface area contributed by atoms with Crippen molar-refractivity contribution in [1.29, 1.82) is 0 Å².